The molecule has 0 amide bonds. The normalized spacial score (nSPS) is 18.3. The predicted molar refractivity (Wildman–Crippen MR) is 103 cm³/mol. The summed E-state index contributed by atoms with van der Waals surface area (Å²) in [7, 11) is 1.73. The van der Waals surface area contributed by atoms with Crippen LogP contribution in [0.5, 0.6) is 5.75 Å². The molecule has 1 fully saturated rings. The molecule has 0 saturated carbocycles. The van der Waals surface area contributed by atoms with Crippen molar-refractivity contribution in [1.29, 1.82) is 0 Å². The van der Waals surface area contributed by atoms with Crippen LogP contribution in [0, 0.1) is 0 Å². The quantitative estimate of drug-likeness (QED) is 0.782. The largest absolute Gasteiger partial charge is 0.492 e. The number of hydrogen-bond acceptors (Lipinski definition) is 7. The van der Waals surface area contributed by atoms with Crippen LogP contribution < -0.4 is 10.5 Å². The minimum atomic E-state index is 0.283. The van der Waals surface area contributed by atoms with Gasteiger partial charge in [0.2, 0.25) is 5.89 Å². The van der Waals surface area contributed by atoms with Crippen LogP contribution in [0.3, 0.4) is 0 Å². The van der Waals surface area contributed by atoms with Crippen molar-refractivity contribution in [2.45, 2.75) is 31.6 Å². The molecule has 2 aliphatic rings. The molecular weight excluding hydrogens is 368 g/mol. The number of nitrogens with two attached hydrogens (primary N) is 1. The van der Waals surface area contributed by atoms with Crippen molar-refractivity contribution in [1.82, 2.24) is 15.1 Å². The minimum Gasteiger partial charge on any atom is -0.492 e. The second-order valence-electron chi connectivity index (χ2n) is 7.13. The van der Waals surface area contributed by atoms with E-state index in [9.17, 15) is 0 Å². The summed E-state index contributed by atoms with van der Waals surface area (Å²) < 4.78 is 17.1. The summed E-state index contributed by atoms with van der Waals surface area (Å²) in [5.74, 6) is 2.15. The molecule has 8 heteroatoms. The average molecular weight is 393 g/mol. The van der Waals surface area contributed by atoms with Gasteiger partial charge >= 0.3 is 0 Å². The third-order valence-electron chi connectivity index (χ3n) is 5.41. The van der Waals surface area contributed by atoms with Crippen LogP contribution in [0.15, 0.2) is 10.5 Å². The van der Waals surface area contributed by atoms with Gasteiger partial charge in [-0.1, -0.05) is 11.6 Å². The Morgan fingerprint density at radius 1 is 1.33 bits per heavy atom. The number of aromatic nitrogens is 2. The molecule has 3 heterocycles. The first-order chi connectivity index (χ1) is 13.2. The lowest BCUT2D eigenvalue weighted by Crippen LogP contribution is -2.35. The zero-order chi connectivity index (χ0) is 18.8. The first-order valence-electron chi connectivity index (χ1n) is 9.46. The van der Waals surface area contributed by atoms with E-state index in [0.717, 1.165) is 68.8 Å². The maximum Gasteiger partial charge on any atom is 0.251 e. The molecule has 0 radical (unpaired) electrons. The van der Waals surface area contributed by atoms with Crippen LogP contribution in [0.25, 0.3) is 11.5 Å². The highest BCUT2D eigenvalue weighted by molar-refractivity contribution is 6.33. The van der Waals surface area contributed by atoms with Crippen molar-refractivity contribution in [3.63, 3.8) is 0 Å². The van der Waals surface area contributed by atoms with Gasteiger partial charge in [-0.15, -0.1) is 10.2 Å². The molecule has 0 aliphatic carbocycles. The summed E-state index contributed by atoms with van der Waals surface area (Å²) in [5.41, 5.74) is 8.39. The van der Waals surface area contributed by atoms with Crippen LogP contribution in [-0.2, 0) is 11.2 Å². The molecule has 0 atom stereocenters. The number of fused-ring (bicyclic) bond motifs is 1. The number of halogens is 1. The number of rotatable bonds is 5. The number of nitrogen functional groups attached to an aromatic ring is 1. The summed E-state index contributed by atoms with van der Waals surface area (Å²) >= 11 is 6.33. The summed E-state index contributed by atoms with van der Waals surface area (Å²) in [4.78, 5) is 2.40. The second-order valence-corrected chi connectivity index (χ2v) is 7.54. The van der Waals surface area contributed by atoms with E-state index in [1.807, 2.05) is 0 Å². The number of ether oxygens (including phenoxy) is 2. The SMILES string of the molecule is COCCN1CCC(c2nnc(-c3cc(Cl)c(N)c4c3OCCC4)o2)CC1. The van der Waals surface area contributed by atoms with Gasteiger partial charge in [0.25, 0.3) is 5.89 Å². The van der Waals surface area contributed by atoms with E-state index in [1.165, 1.54) is 0 Å². The maximum atomic E-state index is 6.33. The van der Waals surface area contributed by atoms with Gasteiger partial charge in [0, 0.05) is 25.1 Å². The maximum absolute atomic E-state index is 6.33. The fourth-order valence-corrected chi connectivity index (χ4v) is 4.05. The fraction of sp³-hybridized carbons (Fsp3) is 0.579. The van der Waals surface area contributed by atoms with E-state index in [0.29, 0.717) is 29.1 Å². The summed E-state index contributed by atoms with van der Waals surface area (Å²) in [6, 6.07) is 1.77. The number of hydrogen-bond donors (Lipinski definition) is 1. The Balaban J connectivity index is 1.53. The Hall–Kier alpha value is -1.83. The highest BCUT2D eigenvalue weighted by Crippen LogP contribution is 2.43. The lowest BCUT2D eigenvalue weighted by Gasteiger charge is -2.29. The fourth-order valence-electron chi connectivity index (χ4n) is 3.83. The summed E-state index contributed by atoms with van der Waals surface area (Å²) in [6.45, 7) is 4.40. The number of benzene rings is 1. The predicted octanol–water partition coefficient (Wildman–Crippen LogP) is 3.12. The summed E-state index contributed by atoms with van der Waals surface area (Å²) in [5, 5.41) is 9.09. The van der Waals surface area contributed by atoms with Gasteiger partial charge in [0.15, 0.2) is 0 Å². The van der Waals surface area contributed by atoms with E-state index < -0.39 is 0 Å². The van der Waals surface area contributed by atoms with Gasteiger partial charge in [-0.3, -0.25) is 0 Å². The smallest absolute Gasteiger partial charge is 0.251 e. The zero-order valence-electron chi connectivity index (χ0n) is 15.5. The molecule has 1 saturated heterocycles. The second kappa shape index (κ2) is 8.04. The third kappa shape index (κ3) is 3.77. The highest BCUT2D eigenvalue weighted by Gasteiger charge is 2.28. The van der Waals surface area contributed by atoms with Gasteiger partial charge < -0.3 is 24.5 Å². The van der Waals surface area contributed by atoms with Crippen LogP contribution in [-0.4, -0.2) is 55.1 Å². The number of nitrogens with zero attached hydrogens (tertiary/aromatic N) is 3. The van der Waals surface area contributed by atoms with Crippen LogP contribution in [0.1, 0.15) is 36.6 Å². The van der Waals surface area contributed by atoms with Gasteiger partial charge in [-0.25, -0.2) is 0 Å². The Kier molecular flexibility index (Phi) is 5.52. The molecule has 2 N–H and O–H groups in total. The van der Waals surface area contributed by atoms with Crippen molar-refractivity contribution < 1.29 is 13.9 Å². The van der Waals surface area contributed by atoms with E-state index in [2.05, 4.69) is 15.1 Å². The van der Waals surface area contributed by atoms with Gasteiger partial charge in [-0.05, 0) is 44.8 Å². The van der Waals surface area contributed by atoms with Crippen molar-refractivity contribution >= 4 is 17.3 Å². The zero-order valence-corrected chi connectivity index (χ0v) is 16.3. The molecule has 0 unspecified atom stereocenters. The van der Waals surface area contributed by atoms with Crippen molar-refractivity contribution in [2.24, 2.45) is 0 Å². The highest BCUT2D eigenvalue weighted by atomic mass is 35.5. The summed E-state index contributed by atoms with van der Waals surface area (Å²) in [6.07, 6.45) is 3.77. The monoisotopic (exact) mass is 392 g/mol. The number of likely N-dealkylation sites (tertiary alicyclic amines) is 1. The van der Waals surface area contributed by atoms with Gasteiger partial charge in [0.05, 0.1) is 29.5 Å². The lowest BCUT2D eigenvalue weighted by atomic mass is 9.97. The molecule has 0 bridgehead atoms. The number of methoxy groups -OCH3 is 1. The molecule has 2 aliphatic heterocycles. The van der Waals surface area contributed by atoms with Crippen LogP contribution in [0.4, 0.5) is 5.69 Å². The first kappa shape index (κ1) is 18.5. The van der Waals surface area contributed by atoms with Crippen molar-refractivity contribution in [3.8, 4) is 17.2 Å². The van der Waals surface area contributed by atoms with E-state index in [4.69, 9.17) is 31.2 Å². The van der Waals surface area contributed by atoms with Gasteiger partial charge in [-0.2, -0.15) is 0 Å². The molecule has 2 aromatic rings. The lowest BCUT2D eigenvalue weighted by molar-refractivity contribution is 0.127. The van der Waals surface area contributed by atoms with Gasteiger partial charge in [0.1, 0.15) is 5.75 Å². The van der Waals surface area contributed by atoms with E-state index in [1.54, 1.807) is 13.2 Å². The van der Waals surface area contributed by atoms with Crippen LogP contribution >= 0.6 is 11.6 Å². The molecular formula is C19H25ClN4O3. The Labute approximate surface area is 163 Å². The Morgan fingerprint density at radius 2 is 2.15 bits per heavy atom. The molecule has 1 aromatic carbocycles. The Bertz CT molecular complexity index is 802. The van der Waals surface area contributed by atoms with E-state index >= 15 is 0 Å². The van der Waals surface area contributed by atoms with Crippen molar-refractivity contribution in [2.75, 3.05) is 45.7 Å². The molecule has 4 rings (SSSR count). The molecule has 7 nitrogen and oxygen atoms in total. The molecule has 146 valence electrons. The first-order valence-corrected chi connectivity index (χ1v) is 9.84. The average Bonchev–Trinajstić information content (AvgIpc) is 3.19. The van der Waals surface area contributed by atoms with E-state index in [-0.39, 0.29) is 5.92 Å². The molecule has 27 heavy (non-hydrogen) atoms. The molecule has 1 aromatic heterocycles. The topological polar surface area (TPSA) is 86.6 Å². The van der Waals surface area contributed by atoms with Crippen LogP contribution in [0.2, 0.25) is 5.02 Å². The standard InChI is InChI=1S/C19H25ClN4O3/c1-25-10-8-24-6-4-12(5-7-24)18-22-23-19(27-18)14-11-15(20)16(21)13-3-2-9-26-17(13)14/h11-12H,2-10,21H2,1H3. The number of piperidine rings is 1. The minimum absolute atomic E-state index is 0.283. The molecule has 0 spiro atoms. The Morgan fingerprint density at radius 3 is 2.93 bits per heavy atom. The number of anilines is 1. The third-order valence-corrected chi connectivity index (χ3v) is 5.72. The van der Waals surface area contributed by atoms with Crippen molar-refractivity contribution in [3.05, 3.63) is 22.5 Å².